The van der Waals surface area contributed by atoms with E-state index in [2.05, 4.69) is 50.4 Å². The van der Waals surface area contributed by atoms with Crippen LogP contribution in [0.2, 0.25) is 0 Å². The number of hydrogen-bond acceptors (Lipinski definition) is 4. The third-order valence-corrected chi connectivity index (χ3v) is 5.06. The van der Waals surface area contributed by atoms with Gasteiger partial charge in [0.05, 0.1) is 14.2 Å². The van der Waals surface area contributed by atoms with Gasteiger partial charge in [-0.15, -0.1) is 24.0 Å². The Morgan fingerprint density at radius 3 is 2.34 bits per heavy atom. The van der Waals surface area contributed by atoms with E-state index >= 15 is 0 Å². The number of piperazine rings is 1. The summed E-state index contributed by atoms with van der Waals surface area (Å²) in [4.78, 5) is 9.28. The molecule has 1 aliphatic heterocycles. The van der Waals surface area contributed by atoms with Crippen LogP contribution in [-0.2, 0) is 13.1 Å². The molecular formula is C22H31IN4O2. The highest BCUT2D eigenvalue weighted by Gasteiger charge is 2.19. The molecule has 29 heavy (non-hydrogen) atoms. The van der Waals surface area contributed by atoms with E-state index in [1.807, 2.05) is 25.2 Å². The molecule has 3 rings (SSSR count). The number of nitrogens with one attached hydrogen (secondary N) is 1. The van der Waals surface area contributed by atoms with Gasteiger partial charge < -0.3 is 19.7 Å². The zero-order chi connectivity index (χ0) is 19.8. The lowest BCUT2D eigenvalue weighted by Crippen LogP contribution is -2.52. The van der Waals surface area contributed by atoms with Gasteiger partial charge in [0.1, 0.15) is 11.5 Å². The van der Waals surface area contributed by atoms with Gasteiger partial charge in [-0.2, -0.15) is 0 Å². The second-order valence-corrected chi connectivity index (χ2v) is 6.83. The molecule has 2 aromatic carbocycles. The molecule has 0 aliphatic carbocycles. The van der Waals surface area contributed by atoms with Crippen molar-refractivity contribution >= 4 is 29.9 Å². The number of aliphatic imine (C=N–C) groups is 1. The number of benzene rings is 2. The summed E-state index contributed by atoms with van der Waals surface area (Å²) in [6.07, 6.45) is 0. The van der Waals surface area contributed by atoms with Crippen molar-refractivity contribution in [3.63, 3.8) is 0 Å². The van der Waals surface area contributed by atoms with Crippen molar-refractivity contribution in [1.82, 2.24) is 15.1 Å². The molecule has 0 bridgehead atoms. The normalized spacial score (nSPS) is 14.9. The van der Waals surface area contributed by atoms with Crippen LogP contribution in [0.15, 0.2) is 53.5 Å². The van der Waals surface area contributed by atoms with Gasteiger partial charge in [-0.25, -0.2) is 0 Å². The second-order valence-electron chi connectivity index (χ2n) is 6.83. The summed E-state index contributed by atoms with van der Waals surface area (Å²) in [6, 6.07) is 16.5. The number of hydrogen-bond donors (Lipinski definition) is 1. The standard InChI is InChI=1S/C22H30N4O2.HI/c1-23-22(24-16-19-9-10-20(27-2)15-21(19)28-3)26-13-11-25(12-14-26)17-18-7-5-4-6-8-18;/h4-10,15H,11-14,16-17H2,1-3H3,(H,23,24);1H. The molecule has 1 N–H and O–H groups in total. The third kappa shape index (κ3) is 6.50. The zero-order valence-electron chi connectivity index (χ0n) is 17.4. The Balaban J connectivity index is 0.00000300. The Morgan fingerprint density at radius 1 is 1.00 bits per heavy atom. The summed E-state index contributed by atoms with van der Waals surface area (Å²) < 4.78 is 10.8. The van der Waals surface area contributed by atoms with E-state index in [-0.39, 0.29) is 24.0 Å². The molecule has 1 fully saturated rings. The highest BCUT2D eigenvalue weighted by atomic mass is 127. The Bertz CT molecular complexity index is 778. The van der Waals surface area contributed by atoms with Crippen LogP contribution < -0.4 is 14.8 Å². The number of rotatable bonds is 6. The SMILES string of the molecule is CN=C(NCc1ccc(OC)cc1OC)N1CCN(Cc2ccccc2)CC1.I. The van der Waals surface area contributed by atoms with Gasteiger partial charge in [0.25, 0.3) is 0 Å². The molecule has 1 saturated heterocycles. The van der Waals surface area contributed by atoms with Crippen LogP contribution in [-0.4, -0.2) is 63.2 Å². The molecule has 1 heterocycles. The van der Waals surface area contributed by atoms with Crippen molar-refractivity contribution in [3.05, 3.63) is 59.7 Å². The van der Waals surface area contributed by atoms with Gasteiger partial charge in [0.2, 0.25) is 0 Å². The first-order valence-corrected chi connectivity index (χ1v) is 9.66. The molecule has 0 spiro atoms. The minimum Gasteiger partial charge on any atom is -0.497 e. The van der Waals surface area contributed by atoms with E-state index in [0.29, 0.717) is 6.54 Å². The maximum Gasteiger partial charge on any atom is 0.194 e. The van der Waals surface area contributed by atoms with Gasteiger partial charge in [-0.1, -0.05) is 30.3 Å². The summed E-state index contributed by atoms with van der Waals surface area (Å²) in [6.45, 7) is 5.65. The molecule has 1 aliphatic rings. The largest absolute Gasteiger partial charge is 0.497 e. The number of nitrogens with zero attached hydrogens (tertiary/aromatic N) is 3. The lowest BCUT2D eigenvalue weighted by atomic mass is 10.2. The lowest BCUT2D eigenvalue weighted by molar-refractivity contribution is 0.172. The van der Waals surface area contributed by atoms with Crippen molar-refractivity contribution in [2.24, 2.45) is 4.99 Å². The van der Waals surface area contributed by atoms with Crippen molar-refractivity contribution in [2.45, 2.75) is 13.1 Å². The van der Waals surface area contributed by atoms with Gasteiger partial charge >= 0.3 is 0 Å². The van der Waals surface area contributed by atoms with E-state index in [1.54, 1.807) is 14.2 Å². The first-order valence-electron chi connectivity index (χ1n) is 9.66. The van der Waals surface area contributed by atoms with Crippen LogP contribution in [0.25, 0.3) is 0 Å². The highest BCUT2D eigenvalue weighted by Crippen LogP contribution is 2.24. The molecular weight excluding hydrogens is 479 g/mol. The molecule has 158 valence electrons. The number of halogens is 1. The van der Waals surface area contributed by atoms with E-state index in [0.717, 1.165) is 55.7 Å². The smallest absolute Gasteiger partial charge is 0.194 e. The number of guanidine groups is 1. The van der Waals surface area contributed by atoms with E-state index in [1.165, 1.54) is 5.56 Å². The maximum atomic E-state index is 5.49. The second kappa shape index (κ2) is 11.9. The summed E-state index contributed by atoms with van der Waals surface area (Å²) >= 11 is 0. The van der Waals surface area contributed by atoms with Crippen molar-refractivity contribution < 1.29 is 9.47 Å². The molecule has 0 radical (unpaired) electrons. The number of ether oxygens (including phenoxy) is 2. The van der Waals surface area contributed by atoms with Crippen molar-refractivity contribution in [2.75, 3.05) is 47.4 Å². The van der Waals surface area contributed by atoms with Crippen LogP contribution in [0.1, 0.15) is 11.1 Å². The quantitative estimate of drug-likeness (QED) is 0.368. The van der Waals surface area contributed by atoms with Gasteiger partial charge in [0, 0.05) is 57.9 Å². The Labute approximate surface area is 190 Å². The molecule has 0 atom stereocenters. The summed E-state index contributed by atoms with van der Waals surface area (Å²) in [7, 11) is 5.18. The van der Waals surface area contributed by atoms with Gasteiger partial charge in [-0.3, -0.25) is 9.89 Å². The summed E-state index contributed by atoms with van der Waals surface area (Å²) in [5, 5.41) is 3.47. The predicted molar refractivity (Wildman–Crippen MR) is 128 cm³/mol. The van der Waals surface area contributed by atoms with E-state index in [4.69, 9.17) is 9.47 Å². The maximum absolute atomic E-state index is 5.49. The summed E-state index contributed by atoms with van der Waals surface area (Å²) in [5.74, 6) is 2.53. The Kier molecular flexibility index (Phi) is 9.53. The van der Waals surface area contributed by atoms with Gasteiger partial charge in [0.15, 0.2) is 5.96 Å². The predicted octanol–water partition coefficient (Wildman–Crippen LogP) is 3.22. The average Bonchev–Trinajstić information content (AvgIpc) is 2.76. The average molecular weight is 510 g/mol. The zero-order valence-corrected chi connectivity index (χ0v) is 19.8. The molecule has 0 aromatic heterocycles. The van der Waals surface area contributed by atoms with Crippen LogP contribution in [0.5, 0.6) is 11.5 Å². The fourth-order valence-corrected chi connectivity index (χ4v) is 3.46. The minimum atomic E-state index is 0. The van der Waals surface area contributed by atoms with E-state index < -0.39 is 0 Å². The summed E-state index contributed by atoms with van der Waals surface area (Å²) in [5.41, 5.74) is 2.44. The van der Waals surface area contributed by atoms with Crippen molar-refractivity contribution in [1.29, 1.82) is 0 Å². The first kappa shape index (κ1) is 23.3. The highest BCUT2D eigenvalue weighted by molar-refractivity contribution is 14.0. The molecule has 6 nitrogen and oxygen atoms in total. The molecule has 7 heteroatoms. The van der Waals surface area contributed by atoms with E-state index in [9.17, 15) is 0 Å². The van der Waals surface area contributed by atoms with Crippen LogP contribution in [0, 0.1) is 0 Å². The monoisotopic (exact) mass is 510 g/mol. The molecule has 0 unspecified atom stereocenters. The minimum absolute atomic E-state index is 0. The third-order valence-electron chi connectivity index (χ3n) is 5.06. The fourth-order valence-electron chi connectivity index (χ4n) is 3.46. The van der Waals surface area contributed by atoms with Crippen LogP contribution in [0.4, 0.5) is 0 Å². The first-order chi connectivity index (χ1) is 13.7. The molecule has 2 aromatic rings. The van der Waals surface area contributed by atoms with Gasteiger partial charge in [-0.05, 0) is 17.7 Å². The molecule has 0 saturated carbocycles. The topological polar surface area (TPSA) is 49.3 Å². The lowest BCUT2D eigenvalue weighted by Gasteiger charge is -2.36. The Morgan fingerprint density at radius 2 is 1.72 bits per heavy atom. The van der Waals surface area contributed by atoms with Crippen molar-refractivity contribution in [3.8, 4) is 11.5 Å². The number of methoxy groups -OCH3 is 2. The molecule has 0 amide bonds. The van der Waals surface area contributed by atoms with Crippen LogP contribution >= 0.6 is 24.0 Å². The van der Waals surface area contributed by atoms with Crippen LogP contribution in [0.3, 0.4) is 0 Å². The Hall–Kier alpha value is -2.00. The fraction of sp³-hybridized carbons (Fsp3) is 0.409.